The van der Waals surface area contributed by atoms with Crippen LogP contribution in [0.4, 0.5) is 0 Å². The summed E-state index contributed by atoms with van der Waals surface area (Å²) in [6.07, 6.45) is 3.53. The highest BCUT2D eigenvalue weighted by molar-refractivity contribution is 9.10. The van der Waals surface area contributed by atoms with Crippen molar-refractivity contribution in [1.82, 2.24) is 9.80 Å². The molecule has 0 N–H and O–H groups in total. The summed E-state index contributed by atoms with van der Waals surface area (Å²) in [6.45, 7) is 4.20. The van der Waals surface area contributed by atoms with Gasteiger partial charge in [-0.2, -0.15) is 0 Å². The van der Waals surface area contributed by atoms with Gasteiger partial charge in [0.15, 0.2) is 0 Å². The van der Waals surface area contributed by atoms with Gasteiger partial charge in [-0.1, -0.05) is 51.8 Å². The lowest BCUT2D eigenvalue weighted by atomic mass is 10.2. The third kappa shape index (κ3) is 5.43. The molecule has 2 aromatic carbocycles. The Morgan fingerprint density at radius 1 is 1.00 bits per heavy atom. The molecule has 1 aliphatic heterocycles. The highest BCUT2D eigenvalue weighted by Crippen LogP contribution is 2.14. The highest BCUT2D eigenvalue weighted by atomic mass is 79.9. The third-order valence-corrected chi connectivity index (χ3v) is 5.07. The topological polar surface area (TPSA) is 23.6 Å². The monoisotopic (exact) mass is 418 g/mol. The molecule has 0 unspecified atom stereocenters. The van der Waals surface area contributed by atoms with Crippen LogP contribution in [0.5, 0.6) is 0 Å². The fourth-order valence-electron chi connectivity index (χ4n) is 2.82. The minimum absolute atomic E-state index is 0.0778. The van der Waals surface area contributed by atoms with E-state index >= 15 is 0 Å². The van der Waals surface area contributed by atoms with Crippen LogP contribution in [-0.4, -0.2) is 41.9 Å². The molecule has 0 spiro atoms. The molecular weight excluding hydrogens is 400 g/mol. The predicted molar refractivity (Wildman–Crippen MR) is 106 cm³/mol. The number of rotatable bonds is 4. The SMILES string of the molecule is O=C(C=Cc1ccc(Br)cc1)N1CCN(Cc2ccc(Cl)cc2)CC1. The molecule has 1 fully saturated rings. The van der Waals surface area contributed by atoms with Crippen LogP contribution >= 0.6 is 27.5 Å². The maximum Gasteiger partial charge on any atom is 0.246 e. The molecule has 0 aromatic heterocycles. The average Bonchev–Trinajstić information content (AvgIpc) is 2.63. The maximum atomic E-state index is 12.3. The molecule has 25 heavy (non-hydrogen) atoms. The quantitative estimate of drug-likeness (QED) is 0.683. The van der Waals surface area contributed by atoms with Gasteiger partial charge < -0.3 is 4.90 Å². The molecule has 2 aromatic rings. The van der Waals surface area contributed by atoms with Gasteiger partial charge >= 0.3 is 0 Å². The number of halogens is 2. The smallest absolute Gasteiger partial charge is 0.246 e. The molecular formula is C20H20BrClN2O. The molecule has 0 aliphatic carbocycles. The van der Waals surface area contributed by atoms with Crippen molar-refractivity contribution in [2.24, 2.45) is 0 Å². The minimum Gasteiger partial charge on any atom is -0.337 e. The number of hydrogen-bond acceptors (Lipinski definition) is 2. The molecule has 3 nitrogen and oxygen atoms in total. The Hall–Kier alpha value is -1.62. The number of carbonyl (C=O) groups is 1. The summed E-state index contributed by atoms with van der Waals surface area (Å²) in [4.78, 5) is 16.6. The first-order valence-corrected chi connectivity index (χ1v) is 9.46. The van der Waals surface area contributed by atoms with Crippen LogP contribution in [0, 0.1) is 0 Å². The standard InChI is InChI=1S/C20H20BrClN2O/c21-18-6-1-16(2-7-18)5-10-20(25)24-13-11-23(12-14-24)15-17-3-8-19(22)9-4-17/h1-10H,11-15H2. The normalized spacial score (nSPS) is 15.7. The summed E-state index contributed by atoms with van der Waals surface area (Å²) in [5, 5.41) is 0.761. The van der Waals surface area contributed by atoms with Gasteiger partial charge in [0.1, 0.15) is 0 Å². The van der Waals surface area contributed by atoms with Crippen LogP contribution in [0.3, 0.4) is 0 Å². The van der Waals surface area contributed by atoms with E-state index in [1.807, 2.05) is 47.4 Å². The molecule has 0 atom stereocenters. The van der Waals surface area contributed by atoms with Gasteiger partial charge in [-0.15, -0.1) is 0 Å². The van der Waals surface area contributed by atoms with E-state index in [2.05, 4.69) is 33.0 Å². The van der Waals surface area contributed by atoms with Crippen molar-refractivity contribution in [2.45, 2.75) is 6.54 Å². The molecule has 130 valence electrons. The van der Waals surface area contributed by atoms with Crippen LogP contribution < -0.4 is 0 Å². The second-order valence-corrected chi connectivity index (χ2v) is 7.46. The van der Waals surface area contributed by atoms with Crippen molar-refractivity contribution in [3.8, 4) is 0 Å². The second-order valence-electron chi connectivity index (χ2n) is 6.11. The zero-order valence-electron chi connectivity index (χ0n) is 13.9. The van der Waals surface area contributed by atoms with Crippen molar-refractivity contribution < 1.29 is 4.79 Å². The van der Waals surface area contributed by atoms with E-state index < -0.39 is 0 Å². The van der Waals surface area contributed by atoms with Gasteiger partial charge in [0.05, 0.1) is 0 Å². The first-order valence-electron chi connectivity index (χ1n) is 8.29. The minimum atomic E-state index is 0.0778. The fraction of sp³-hybridized carbons (Fsp3) is 0.250. The van der Waals surface area contributed by atoms with Crippen molar-refractivity contribution in [3.05, 3.63) is 75.2 Å². The molecule has 0 radical (unpaired) electrons. The molecule has 3 rings (SSSR count). The summed E-state index contributed by atoms with van der Waals surface area (Å²) in [7, 11) is 0. The molecule has 0 saturated carbocycles. The Bertz CT molecular complexity index is 735. The van der Waals surface area contributed by atoms with E-state index in [4.69, 9.17) is 11.6 Å². The Balaban J connectivity index is 1.48. The fourth-order valence-corrected chi connectivity index (χ4v) is 3.21. The van der Waals surface area contributed by atoms with Gasteiger partial charge in [0, 0.05) is 48.3 Å². The summed E-state index contributed by atoms with van der Waals surface area (Å²) in [5.41, 5.74) is 2.28. The van der Waals surface area contributed by atoms with Gasteiger partial charge in [0.2, 0.25) is 5.91 Å². The van der Waals surface area contributed by atoms with Crippen molar-refractivity contribution in [2.75, 3.05) is 26.2 Å². The van der Waals surface area contributed by atoms with E-state index in [1.54, 1.807) is 6.08 Å². The molecule has 1 heterocycles. The van der Waals surface area contributed by atoms with E-state index in [-0.39, 0.29) is 5.91 Å². The Morgan fingerprint density at radius 3 is 2.28 bits per heavy atom. The van der Waals surface area contributed by atoms with E-state index in [0.717, 1.165) is 47.8 Å². The molecule has 5 heteroatoms. The number of hydrogen-bond donors (Lipinski definition) is 0. The lowest BCUT2D eigenvalue weighted by Crippen LogP contribution is -2.47. The van der Waals surface area contributed by atoms with E-state index in [1.165, 1.54) is 5.56 Å². The first-order chi connectivity index (χ1) is 12.1. The number of amides is 1. The molecule has 1 aliphatic rings. The Kier molecular flexibility index (Phi) is 6.29. The van der Waals surface area contributed by atoms with Gasteiger partial charge in [-0.05, 0) is 41.5 Å². The zero-order valence-corrected chi connectivity index (χ0v) is 16.2. The largest absolute Gasteiger partial charge is 0.337 e. The van der Waals surface area contributed by atoms with Crippen LogP contribution in [0.25, 0.3) is 6.08 Å². The van der Waals surface area contributed by atoms with Crippen LogP contribution in [0.2, 0.25) is 5.02 Å². The van der Waals surface area contributed by atoms with Gasteiger partial charge in [0.25, 0.3) is 0 Å². The van der Waals surface area contributed by atoms with Crippen LogP contribution in [0.15, 0.2) is 59.1 Å². The zero-order chi connectivity index (χ0) is 17.6. The molecule has 0 bridgehead atoms. The Labute approximate surface area is 162 Å². The Morgan fingerprint density at radius 2 is 1.64 bits per heavy atom. The van der Waals surface area contributed by atoms with Crippen molar-refractivity contribution in [3.63, 3.8) is 0 Å². The predicted octanol–water partition coefficient (Wildman–Crippen LogP) is 4.46. The number of benzene rings is 2. The summed E-state index contributed by atoms with van der Waals surface area (Å²) >= 11 is 9.33. The second kappa shape index (κ2) is 8.65. The number of carbonyl (C=O) groups excluding carboxylic acids is 1. The molecule has 1 amide bonds. The number of piperazine rings is 1. The summed E-state index contributed by atoms with van der Waals surface area (Å²) in [5.74, 6) is 0.0778. The van der Waals surface area contributed by atoms with Crippen LogP contribution in [0.1, 0.15) is 11.1 Å². The lowest BCUT2D eigenvalue weighted by Gasteiger charge is -2.34. The summed E-state index contributed by atoms with van der Waals surface area (Å²) < 4.78 is 1.03. The third-order valence-electron chi connectivity index (χ3n) is 4.29. The van der Waals surface area contributed by atoms with Crippen molar-refractivity contribution in [1.29, 1.82) is 0 Å². The summed E-state index contributed by atoms with van der Waals surface area (Å²) in [6, 6.07) is 15.9. The lowest BCUT2D eigenvalue weighted by molar-refractivity contribution is -0.127. The highest BCUT2D eigenvalue weighted by Gasteiger charge is 2.19. The van der Waals surface area contributed by atoms with E-state index in [0.29, 0.717) is 0 Å². The van der Waals surface area contributed by atoms with Crippen molar-refractivity contribution >= 4 is 39.5 Å². The van der Waals surface area contributed by atoms with Crippen LogP contribution in [-0.2, 0) is 11.3 Å². The van der Waals surface area contributed by atoms with Gasteiger partial charge in [-0.25, -0.2) is 0 Å². The van der Waals surface area contributed by atoms with E-state index in [9.17, 15) is 4.79 Å². The average molecular weight is 420 g/mol. The number of nitrogens with zero attached hydrogens (tertiary/aromatic N) is 2. The maximum absolute atomic E-state index is 12.3. The first kappa shape index (κ1) is 18.2. The van der Waals surface area contributed by atoms with Gasteiger partial charge in [-0.3, -0.25) is 9.69 Å². The molecule has 1 saturated heterocycles.